The Bertz CT molecular complexity index is 297. The van der Waals surface area contributed by atoms with E-state index >= 15 is 0 Å². The minimum Gasteiger partial charge on any atom is -0.481 e. The first-order valence-electron chi connectivity index (χ1n) is 3.74. The van der Waals surface area contributed by atoms with Gasteiger partial charge in [-0.1, -0.05) is 0 Å². The fourth-order valence-corrected chi connectivity index (χ4v) is 0.798. The average Bonchev–Trinajstić information content (AvgIpc) is 2.17. The molecule has 0 aliphatic carbocycles. The van der Waals surface area contributed by atoms with E-state index in [0.717, 1.165) is 0 Å². The van der Waals surface area contributed by atoms with E-state index in [0.29, 0.717) is 5.56 Å². The summed E-state index contributed by atoms with van der Waals surface area (Å²) in [5, 5.41) is 8.68. The van der Waals surface area contributed by atoms with Gasteiger partial charge in [-0.3, -0.25) is 4.79 Å². The molecule has 1 unspecified atom stereocenters. The fourth-order valence-electron chi connectivity index (χ4n) is 0.798. The predicted octanol–water partition coefficient (Wildman–Crippen LogP) is 0.673. The first kappa shape index (κ1) is 9.44. The Labute approximate surface area is 75.4 Å². The van der Waals surface area contributed by atoms with Crippen molar-refractivity contribution in [1.29, 1.82) is 0 Å². The van der Waals surface area contributed by atoms with Gasteiger partial charge in [-0.25, -0.2) is 9.97 Å². The minimum absolute atomic E-state index is 0.237. The summed E-state index contributed by atoms with van der Waals surface area (Å²) in [6.07, 6.45) is 2.90. The summed E-state index contributed by atoms with van der Waals surface area (Å²) in [7, 11) is 1.45. The quantitative estimate of drug-likeness (QED) is 0.743. The normalized spacial score (nSPS) is 12.2. The lowest BCUT2D eigenvalue weighted by atomic mass is 10.1. The van der Waals surface area contributed by atoms with E-state index in [2.05, 4.69) is 9.97 Å². The Hall–Kier alpha value is -1.65. The molecule has 5 nitrogen and oxygen atoms in total. The Morgan fingerprint density at radius 2 is 2.08 bits per heavy atom. The number of aromatic nitrogens is 2. The van der Waals surface area contributed by atoms with Crippen LogP contribution in [0.2, 0.25) is 0 Å². The maximum atomic E-state index is 10.6. The number of hydrogen-bond acceptors (Lipinski definition) is 4. The molecule has 0 amide bonds. The summed E-state index contributed by atoms with van der Waals surface area (Å²) in [5.74, 6) is -1.49. The van der Waals surface area contributed by atoms with Crippen LogP contribution in [0.5, 0.6) is 6.01 Å². The Balaban J connectivity index is 2.85. The van der Waals surface area contributed by atoms with Crippen LogP contribution in [0.3, 0.4) is 0 Å². The second kappa shape index (κ2) is 3.84. The summed E-state index contributed by atoms with van der Waals surface area (Å²) in [6.45, 7) is 1.58. The zero-order valence-electron chi connectivity index (χ0n) is 7.39. The van der Waals surface area contributed by atoms with Crippen LogP contribution in [0.1, 0.15) is 18.4 Å². The molecule has 1 N–H and O–H groups in total. The zero-order chi connectivity index (χ0) is 9.84. The zero-order valence-corrected chi connectivity index (χ0v) is 7.39. The van der Waals surface area contributed by atoms with Crippen molar-refractivity contribution in [3.63, 3.8) is 0 Å². The third kappa shape index (κ3) is 2.14. The van der Waals surface area contributed by atoms with Crippen LogP contribution in [0.15, 0.2) is 12.4 Å². The maximum Gasteiger partial charge on any atom is 0.316 e. The van der Waals surface area contributed by atoms with Gasteiger partial charge in [-0.2, -0.15) is 0 Å². The predicted molar refractivity (Wildman–Crippen MR) is 44.6 cm³/mol. The molecule has 0 spiro atoms. The van der Waals surface area contributed by atoms with E-state index in [1.165, 1.54) is 19.5 Å². The van der Waals surface area contributed by atoms with Crippen LogP contribution in [0.4, 0.5) is 0 Å². The van der Waals surface area contributed by atoms with Crippen LogP contribution in [0, 0.1) is 0 Å². The Morgan fingerprint density at radius 3 is 2.46 bits per heavy atom. The number of rotatable bonds is 3. The number of ether oxygens (including phenoxy) is 1. The molecule has 5 heteroatoms. The SMILES string of the molecule is COc1ncc(C(C)C(=O)O)cn1. The van der Waals surface area contributed by atoms with E-state index in [9.17, 15) is 4.79 Å². The highest BCUT2D eigenvalue weighted by Gasteiger charge is 2.14. The monoisotopic (exact) mass is 182 g/mol. The highest BCUT2D eigenvalue weighted by molar-refractivity contribution is 5.75. The summed E-state index contributed by atoms with van der Waals surface area (Å²) < 4.78 is 4.74. The molecular formula is C8H10N2O3. The highest BCUT2D eigenvalue weighted by atomic mass is 16.5. The summed E-state index contributed by atoms with van der Waals surface area (Å²) >= 11 is 0. The van der Waals surface area contributed by atoms with Gasteiger partial charge in [0.1, 0.15) is 0 Å². The van der Waals surface area contributed by atoms with Crippen LogP contribution in [-0.2, 0) is 4.79 Å². The van der Waals surface area contributed by atoms with E-state index in [-0.39, 0.29) is 6.01 Å². The lowest BCUT2D eigenvalue weighted by Crippen LogP contribution is -2.08. The Kier molecular flexibility index (Phi) is 2.79. The number of methoxy groups -OCH3 is 1. The molecule has 0 aliphatic heterocycles. The van der Waals surface area contributed by atoms with Gasteiger partial charge in [-0.15, -0.1) is 0 Å². The number of carboxylic acids is 1. The van der Waals surface area contributed by atoms with Crippen molar-refractivity contribution in [2.24, 2.45) is 0 Å². The standard InChI is InChI=1S/C8H10N2O3/c1-5(7(11)12)6-3-9-8(13-2)10-4-6/h3-5H,1-2H3,(H,11,12). The first-order valence-corrected chi connectivity index (χ1v) is 3.74. The maximum absolute atomic E-state index is 10.6. The smallest absolute Gasteiger partial charge is 0.316 e. The van der Waals surface area contributed by atoms with Gasteiger partial charge >= 0.3 is 12.0 Å². The molecule has 1 aromatic rings. The largest absolute Gasteiger partial charge is 0.481 e. The first-order chi connectivity index (χ1) is 6.15. The van der Waals surface area contributed by atoms with Gasteiger partial charge in [0.2, 0.25) is 0 Å². The van der Waals surface area contributed by atoms with Gasteiger partial charge in [0, 0.05) is 18.0 Å². The van der Waals surface area contributed by atoms with E-state index in [1.807, 2.05) is 0 Å². The van der Waals surface area contributed by atoms with Crippen molar-refractivity contribution in [3.8, 4) is 6.01 Å². The average molecular weight is 182 g/mol. The molecule has 0 saturated heterocycles. The third-order valence-electron chi connectivity index (χ3n) is 1.70. The molecule has 0 saturated carbocycles. The molecule has 0 aliphatic rings. The van der Waals surface area contributed by atoms with Gasteiger partial charge in [0.15, 0.2) is 0 Å². The van der Waals surface area contributed by atoms with Gasteiger partial charge in [0.05, 0.1) is 13.0 Å². The van der Waals surface area contributed by atoms with Crippen molar-refractivity contribution < 1.29 is 14.6 Å². The summed E-state index contributed by atoms with van der Waals surface area (Å²) in [4.78, 5) is 18.2. The van der Waals surface area contributed by atoms with Gasteiger partial charge < -0.3 is 9.84 Å². The van der Waals surface area contributed by atoms with E-state index < -0.39 is 11.9 Å². The van der Waals surface area contributed by atoms with Crippen LogP contribution in [-0.4, -0.2) is 28.2 Å². The topological polar surface area (TPSA) is 72.3 Å². The molecule has 0 bridgehead atoms. The minimum atomic E-state index is -0.895. The molecule has 1 rings (SSSR count). The van der Waals surface area contributed by atoms with Crippen molar-refractivity contribution >= 4 is 5.97 Å². The van der Waals surface area contributed by atoms with Crippen molar-refractivity contribution in [2.45, 2.75) is 12.8 Å². The molecule has 1 aromatic heterocycles. The summed E-state index contributed by atoms with van der Waals surface area (Å²) in [5.41, 5.74) is 0.563. The molecule has 1 atom stereocenters. The highest BCUT2D eigenvalue weighted by Crippen LogP contribution is 2.13. The Morgan fingerprint density at radius 1 is 1.54 bits per heavy atom. The number of aliphatic carboxylic acids is 1. The number of hydrogen-bond donors (Lipinski definition) is 1. The molecule has 0 radical (unpaired) electrons. The van der Waals surface area contributed by atoms with Crippen molar-refractivity contribution in [3.05, 3.63) is 18.0 Å². The molecular weight excluding hydrogens is 172 g/mol. The second-order valence-electron chi connectivity index (χ2n) is 2.56. The van der Waals surface area contributed by atoms with Crippen LogP contribution in [0.25, 0.3) is 0 Å². The second-order valence-corrected chi connectivity index (χ2v) is 2.56. The van der Waals surface area contributed by atoms with Crippen LogP contribution >= 0.6 is 0 Å². The molecule has 0 fully saturated rings. The van der Waals surface area contributed by atoms with E-state index in [4.69, 9.17) is 9.84 Å². The molecule has 0 aromatic carbocycles. The molecule has 1 heterocycles. The molecule has 13 heavy (non-hydrogen) atoms. The lowest BCUT2D eigenvalue weighted by molar-refractivity contribution is -0.138. The van der Waals surface area contributed by atoms with Crippen molar-refractivity contribution in [2.75, 3.05) is 7.11 Å². The third-order valence-corrected chi connectivity index (χ3v) is 1.70. The van der Waals surface area contributed by atoms with E-state index in [1.54, 1.807) is 6.92 Å². The van der Waals surface area contributed by atoms with Crippen molar-refractivity contribution in [1.82, 2.24) is 9.97 Å². The number of carbonyl (C=O) groups is 1. The van der Waals surface area contributed by atoms with Gasteiger partial charge in [-0.05, 0) is 6.92 Å². The number of carboxylic acid groups (broad SMARTS) is 1. The lowest BCUT2D eigenvalue weighted by Gasteiger charge is -2.04. The van der Waals surface area contributed by atoms with Crippen LogP contribution < -0.4 is 4.74 Å². The fraction of sp³-hybridized carbons (Fsp3) is 0.375. The summed E-state index contributed by atoms with van der Waals surface area (Å²) in [6, 6.07) is 0.237. The van der Waals surface area contributed by atoms with Gasteiger partial charge in [0.25, 0.3) is 0 Å². The number of nitrogens with zero attached hydrogens (tertiary/aromatic N) is 2. The molecule has 70 valence electrons.